The maximum absolute atomic E-state index is 12.3. The van der Waals surface area contributed by atoms with E-state index in [4.69, 9.17) is 4.74 Å². The van der Waals surface area contributed by atoms with E-state index in [1.165, 1.54) is 11.1 Å². The molecule has 2 rings (SSSR count). The van der Waals surface area contributed by atoms with Gasteiger partial charge < -0.3 is 20.1 Å². The molecule has 3 N–H and O–H groups in total. The Bertz CT molecular complexity index is 600. The second-order valence-electron chi connectivity index (χ2n) is 7.82. The van der Waals surface area contributed by atoms with E-state index in [-0.39, 0.29) is 25.4 Å². The van der Waals surface area contributed by atoms with Crippen LogP contribution in [0.3, 0.4) is 0 Å². The lowest BCUT2D eigenvalue weighted by Crippen LogP contribution is -2.62. The minimum absolute atomic E-state index is 0.0984. The fourth-order valence-electron chi connectivity index (χ4n) is 2.46. The topological polar surface area (TPSA) is 120 Å². The van der Waals surface area contributed by atoms with Gasteiger partial charge in [0.05, 0.1) is 19.3 Å². The number of nitrogens with zero attached hydrogens (tertiary/aromatic N) is 3. The van der Waals surface area contributed by atoms with Gasteiger partial charge in [0.1, 0.15) is 16.9 Å². The first-order chi connectivity index (χ1) is 10.9. The summed E-state index contributed by atoms with van der Waals surface area (Å²) in [5.74, 6) is -0.163. The number of ether oxygens (including phenoxy) is 1. The monoisotopic (exact) mass is 339 g/mol. The molecular weight excluding hydrogens is 314 g/mol. The summed E-state index contributed by atoms with van der Waals surface area (Å²) in [7, 11) is 0. The summed E-state index contributed by atoms with van der Waals surface area (Å²) in [6.07, 6.45) is 0.972. The van der Waals surface area contributed by atoms with Gasteiger partial charge in [-0.1, -0.05) is 0 Å². The number of aromatic nitrogens is 3. The van der Waals surface area contributed by atoms with Crippen LogP contribution in [0.5, 0.6) is 0 Å². The Hall–Kier alpha value is -2.16. The molecule has 24 heavy (non-hydrogen) atoms. The van der Waals surface area contributed by atoms with Gasteiger partial charge in [0.15, 0.2) is 0 Å². The van der Waals surface area contributed by atoms with E-state index in [1.807, 2.05) is 0 Å². The summed E-state index contributed by atoms with van der Waals surface area (Å²) in [5, 5.41) is 23.0. The SMILES string of the molecule is CC(C)(CC(=O)N1CC(O)(c2cn[nH]n2)C1)NC(=O)OC(C)(C)C. The molecule has 2 amide bonds. The van der Waals surface area contributed by atoms with Gasteiger partial charge in [-0.25, -0.2) is 4.79 Å². The molecule has 1 fully saturated rings. The van der Waals surface area contributed by atoms with Crippen molar-refractivity contribution in [2.45, 2.75) is 57.8 Å². The van der Waals surface area contributed by atoms with E-state index in [2.05, 4.69) is 20.7 Å². The predicted octanol–water partition coefficient (Wildman–Crippen LogP) is 0.528. The highest BCUT2D eigenvalue weighted by Gasteiger charge is 2.47. The zero-order valence-electron chi connectivity index (χ0n) is 14.7. The number of nitrogens with one attached hydrogen (secondary N) is 2. The fourth-order valence-corrected chi connectivity index (χ4v) is 2.46. The Morgan fingerprint density at radius 1 is 1.38 bits per heavy atom. The summed E-state index contributed by atoms with van der Waals surface area (Å²) in [6, 6.07) is 0. The number of rotatable bonds is 4. The van der Waals surface area contributed by atoms with Gasteiger partial charge >= 0.3 is 6.09 Å². The number of hydrogen-bond donors (Lipinski definition) is 3. The number of H-pyrrole nitrogens is 1. The van der Waals surface area contributed by atoms with Gasteiger partial charge in [-0.05, 0) is 34.6 Å². The van der Waals surface area contributed by atoms with E-state index in [1.54, 1.807) is 34.6 Å². The molecule has 134 valence electrons. The minimum Gasteiger partial charge on any atom is -0.444 e. The molecule has 1 aliphatic rings. The van der Waals surface area contributed by atoms with Gasteiger partial charge in [-0.2, -0.15) is 15.4 Å². The Kier molecular flexibility index (Phi) is 4.58. The number of carbonyl (C=O) groups excluding carboxylic acids is 2. The molecule has 0 unspecified atom stereocenters. The van der Waals surface area contributed by atoms with Crippen LogP contribution in [0.15, 0.2) is 6.20 Å². The Morgan fingerprint density at radius 3 is 2.50 bits per heavy atom. The van der Waals surface area contributed by atoms with Crippen molar-refractivity contribution in [2.75, 3.05) is 13.1 Å². The number of likely N-dealkylation sites (tertiary alicyclic amines) is 1. The van der Waals surface area contributed by atoms with Crippen molar-refractivity contribution in [3.63, 3.8) is 0 Å². The third-order valence-electron chi connectivity index (χ3n) is 3.58. The molecule has 0 aliphatic carbocycles. The fraction of sp³-hybridized carbons (Fsp3) is 0.733. The highest BCUT2D eigenvalue weighted by Crippen LogP contribution is 2.31. The molecule has 1 aliphatic heterocycles. The molecule has 0 aromatic carbocycles. The molecule has 0 radical (unpaired) electrons. The van der Waals surface area contributed by atoms with Gasteiger partial charge in [0.2, 0.25) is 5.91 Å². The van der Waals surface area contributed by atoms with E-state index in [0.717, 1.165) is 0 Å². The Labute approximate surface area is 140 Å². The lowest BCUT2D eigenvalue weighted by Gasteiger charge is -2.46. The standard InChI is InChI=1S/C15H25N5O4/c1-13(2,3)24-12(22)17-14(4,5)6-11(21)20-8-15(23,9-20)10-7-16-19-18-10/h7,23H,6,8-9H2,1-5H3,(H,17,22)(H,16,18,19). The van der Waals surface area contributed by atoms with Gasteiger partial charge in [0, 0.05) is 12.0 Å². The molecule has 9 heteroatoms. The maximum Gasteiger partial charge on any atom is 0.408 e. The molecule has 0 saturated carbocycles. The van der Waals surface area contributed by atoms with Crippen LogP contribution < -0.4 is 5.32 Å². The molecule has 0 bridgehead atoms. The molecule has 9 nitrogen and oxygen atoms in total. The average Bonchev–Trinajstić information content (AvgIpc) is 2.84. The zero-order valence-corrected chi connectivity index (χ0v) is 14.7. The second kappa shape index (κ2) is 6.04. The highest BCUT2D eigenvalue weighted by molar-refractivity contribution is 5.79. The van der Waals surface area contributed by atoms with E-state index >= 15 is 0 Å². The number of β-amino-alcohol motifs (C(OH)–C–C–N with tert-alkyl or cyclic N) is 1. The van der Waals surface area contributed by atoms with Crippen LogP contribution >= 0.6 is 0 Å². The van der Waals surface area contributed by atoms with Crippen LogP contribution in [0.1, 0.15) is 46.7 Å². The Morgan fingerprint density at radius 2 is 2.00 bits per heavy atom. The molecule has 1 saturated heterocycles. The number of alkyl carbamates (subject to hydrolysis) is 1. The number of aliphatic hydroxyl groups is 1. The molecule has 0 atom stereocenters. The van der Waals surface area contributed by atoms with Crippen molar-refractivity contribution >= 4 is 12.0 Å². The number of carbonyl (C=O) groups is 2. The molecular formula is C15H25N5O4. The van der Waals surface area contributed by atoms with Crippen molar-refractivity contribution in [3.05, 3.63) is 11.9 Å². The molecule has 0 spiro atoms. The smallest absolute Gasteiger partial charge is 0.408 e. The second-order valence-corrected chi connectivity index (χ2v) is 7.82. The molecule has 2 heterocycles. The van der Waals surface area contributed by atoms with Gasteiger partial charge in [0.25, 0.3) is 0 Å². The van der Waals surface area contributed by atoms with Crippen LogP contribution in [0, 0.1) is 0 Å². The van der Waals surface area contributed by atoms with Crippen LogP contribution in [-0.4, -0.2) is 61.6 Å². The van der Waals surface area contributed by atoms with Gasteiger partial charge in [-0.3, -0.25) is 4.79 Å². The lowest BCUT2D eigenvalue weighted by atomic mass is 9.89. The first-order valence-corrected chi connectivity index (χ1v) is 7.78. The summed E-state index contributed by atoms with van der Waals surface area (Å²) >= 11 is 0. The number of hydrogen-bond acceptors (Lipinski definition) is 6. The summed E-state index contributed by atoms with van der Waals surface area (Å²) < 4.78 is 5.20. The van der Waals surface area contributed by atoms with Crippen molar-refractivity contribution < 1.29 is 19.4 Å². The highest BCUT2D eigenvalue weighted by atomic mass is 16.6. The first-order valence-electron chi connectivity index (χ1n) is 7.78. The van der Waals surface area contributed by atoms with E-state index < -0.39 is 22.8 Å². The number of aromatic amines is 1. The predicted molar refractivity (Wildman–Crippen MR) is 84.9 cm³/mol. The quantitative estimate of drug-likeness (QED) is 0.736. The van der Waals surface area contributed by atoms with Crippen molar-refractivity contribution in [1.29, 1.82) is 0 Å². The zero-order chi connectivity index (χ0) is 18.2. The van der Waals surface area contributed by atoms with Crippen molar-refractivity contribution in [3.8, 4) is 0 Å². The van der Waals surface area contributed by atoms with Crippen LogP contribution in [0.25, 0.3) is 0 Å². The van der Waals surface area contributed by atoms with Crippen LogP contribution in [0.2, 0.25) is 0 Å². The first kappa shape index (κ1) is 18.2. The van der Waals surface area contributed by atoms with Crippen molar-refractivity contribution in [1.82, 2.24) is 25.6 Å². The molecule has 1 aromatic heterocycles. The third kappa shape index (κ3) is 4.44. The van der Waals surface area contributed by atoms with Crippen molar-refractivity contribution in [2.24, 2.45) is 0 Å². The normalized spacial score (nSPS) is 17.2. The van der Waals surface area contributed by atoms with E-state index in [9.17, 15) is 14.7 Å². The van der Waals surface area contributed by atoms with Gasteiger partial charge in [-0.15, -0.1) is 0 Å². The minimum atomic E-state index is -1.16. The van der Waals surface area contributed by atoms with E-state index in [0.29, 0.717) is 5.69 Å². The molecule has 1 aromatic rings. The average molecular weight is 339 g/mol. The summed E-state index contributed by atoms with van der Waals surface area (Å²) in [6.45, 7) is 9.12. The number of amides is 2. The summed E-state index contributed by atoms with van der Waals surface area (Å²) in [5.41, 5.74) is -2.11. The Balaban J connectivity index is 1.85. The maximum atomic E-state index is 12.3. The third-order valence-corrected chi connectivity index (χ3v) is 3.58. The van der Waals surface area contributed by atoms with Crippen LogP contribution in [0.4, 0.5) is 4.79 Å². The summed E-state index contributed by atoms with van der Waals surface area (Å²) in [4.78, 5) is 25.7. The lowest BCUT2D eigenvalue weighted by molar-refractivity contribution is -0.159. The van der Waals surface area contributed by atoms with Crippen LogP contribution in [-0.2, 0) is 15.1 Å². The largest absolute Gasteiger partial charge is 0.444 e.